The van der Waals surface area contributed by atoms with Gasteiger partial charge in [0.25, 0.3) is 0 Å². The summed E-state index contributed by atoms with van der Waals surface area (Å²) in [6.07, 6.45) is 7.68. The summed E-state index contributed by atoms with van der Waals surface area (Å²) < 4.78 is 0. The Morgan fingerprint density at radius 2 is 1.75 bits per heavy atom. The van der Waals surface area contributed by atoms with Crippen LogP contribution in [-0.4, -0.2) is 37.9 Å². The molecule has 1 N–H and O–H groups in total. The van der Waals surface area contributed by atoms with Crippen LogP contribution in [0.1, 0.15) is 30.3 Å². The first-order chi connectivity index (χ1) is 15.8. The number of piperidine rings is 1. The van der Waals surface area contributed by atoms with Crippen LogP contribution in [-0.2, 0) is 6.54 Å². The topological polar surface area (TPSA) is 66.8 Å². The fourth-order valence-corrected chi connectivity index (χ4v) is 4.18. The first kappa shape index (κ1) is 20.3. The van der Waals surface area contributed by atoms with Gasteiger partial charge in [-0.1, -0.05) is 24.3 Å². The lowest BCUT2D eigenvalue weighted by atomic mass is 9.96. The zero-order valence-electron chi connectivity index (χ0n) is 17.9. The highest BCUT2D eigenvalue weighted by Gasteiger charge is 2.25. The van der Waals surface area contributed by atoms with Crippen molar-refractivity contribution < 1.29 is 0 Å². The van der Waals surface area contributed by atoms with E-state index in [1.807, 2.05) is 66.9 Å². The van der Waals surface area contributed by atoms with Crippen molar-refractivity contribution in [3.8, 4) is 11.3 Å². The van der Waals surface area contributed by atoms with Crippen molar-refractivity contribution in [3.05, 3.63) is 96.8 Å². The van der Waals surface area contributed by atoms with Gasteiger partial charge in [-0.2, -0.15) is 0 Å². The first-order valence-corrected chi connectivity index (χ1v) is 11.1. The molecular weight excluding hydrogens is 396 g/mol. The summed E-state index contributed by atoms with van der Waals surface area (Å²) in [5.41, 5.74) is 4.07. The van der Waals surface area contributed by atoms with Crippen LogP contribution >= 0.6 is 0 Å². The molecule has 0 saturated carbocycles. The number of nitrogens with zero attached hydrogens (tertiary/aromatic N) is 5. The Kier molecular flexibility index (Phi) is 6.12. The van der Waals surface area contributed by atoms with Gasteiger partial charge in [0.05, 0.1) is 11.4 Å². The number of para-hydroxylation sites is 1. The quantitative estimate of drug-likeness (QED) is 0.469. The number of rotatable bonds is 6. The number of hydrogen-bond acceptors (Lipinski definition) is 6. The summed E-state index contributed by atoms with van der Waals surface area (Å²) in [4.78, 5) is 21.0. The minimum Gasteiger partial charge on any atom is -0.340 e. The van der Waals surface area contributed by atoms with Gasteiger partial charge < -0.3 is 5.32 Å². The first-order valence-electron chi connectivity index (χ1n) is 11.1. The lowest BCUT2D eigenvalue weighted by molar-refractivity contribution is 0.194. The Labute approximate surface area is 188 Å². The highest BCUT2D eigenvalue weighted by atomic mass is 15.1. The van der Waals surface area contributed by atoms with Gasteiger partial charge in [-0.05, 0) is 55.8 Å². The lowest BCUT2D eigenvalue weighted by Gasteiger charge is -2.32. The monoisotopic (exact) mass is 422 g/mol. The maximum atomic E-state index is 4.99. The van der Waals surface area contributed by atoms with Crippen molar-refractivity contribution >= 4 is 11.5 Å². The van der Waals surface area contributed by atoms with E-state index in [4.69, 9.17) is 9.97 Å². The van der Waals surface area contributed by atoms with Crippen molar-refractivity contribution in [2.24, 2.45) is 0 Å². The van der Waals surface area contributed by atoms with Crippen LogP contribution in [0, 0.1) is 0 Å². The predicted molar refractivity (Wildman–Crippen MR) is 126 cm³/mol. The molecule has 160 valence electrons. The number of likely N-dealkylation sites (tertiary alicyclic amines) is 1. The average Bonchev–Trinajstić information content (AvgIpc) is 2.86. The van der Waals surface area contributed by atoms with Gasteiger partial charge in [0, 0.05) is 54.9 Å². The molecule has 0 bridgehead atoms. The van der Waals surface area contributed by atoms with Gasteiger partial charge in [-0.3, -0.25) is 14.9 Å². The molecule has 1 fully saturated rings. The molecule has 1 aliphatic heterocycles. The van der Waals surface area contributed by atoms with Crippen LogP contribution in [0.25, 0.3) is 11.3 Å². The number of hydrogen-bond donors (Lipinski definition) is 1. The zero-order chi connectivity index (χ0) is 21.6. The molecule has 0 aliphatic carbocycles. The second kappa shape index (κ2) is 9.66. The fraction of sp³-hybridized carbons (Fsp3) is 0.231. The van der Waals surface area contributed by atoms with Crippen LogP contribution in [0.4, 0.5) is 11.5 Å². The zero-order valence-corrected chi connectivity index (χ0v) is 17.9. The molecule has 5 rings (SSSR count). The van der Waals surface area contributed by atoms with Gasteiger partial charge in [0.2, 0.25) is 0 Å². The third-order valence-corrected chi connectivity index (χ3v) is 5.75. The van der Waals surface area contributed by atoms with Crippen LogP contribution in [0.15, 0.2) is 85.3 Å². The van der Waals surface area contributed by atoms with Crippen LogP contribution in [0.2, 0.25) is 0 Å². The van der Waals surface area contributed by atoms with E-state index >= 15 is 0 Å². The molecule has 1 aliphatic rings. The highest BCUT2D eigenvalue weighted by Crippen LogP contribution is 2.29. The normalized spacial score (nSPS) is 16.6. The van der Waals surface area contributed by atoms with Crippen molar-refractivity contribution in [3.63, 3.8) is 0 Å². The molecule has 6 nitrogen and oxygen atoms in total. The Bertz CT molecular complexity index is 1130. The van der Waals surface area contributed by atoms with E-state index in [1.54, 1.807) is 12.4 Å². The molecule has 0 unspecified atom stereocenters. The summed E-state index contributed by atoms with van der Waals surface area (Å²) >= 11 is 0. The molecule has 32 heavy (non-hydrogen) atoms. The van der Waals surface area contributed by atoms with E-state index in [0.29, 0.717) is 0 Å². The number of benzene rings is 1. The van der Waals surface area contributed by atoms with Gasteiger partial charge in [-0.15, -0.1) is 0 Å². The minimum atomic E-state index is 0.283. The Morgan fingerprint density at radius 1 is 0.906 bits per heavy atom. The maximum absolute atomic E-state index is 4.99. The van der Waals surface area contributed by atoms with Crippen molar-refractivity contribution in [1.82, 2.24) is 24.8 Å². The van der Waals surface area contributed by atoms with Gasteiger partial charge in [0.15, 0.2) is 0 Å². The summed E-state index contributed by atoms with van der Waals surface area (Å²) in [5, 5.41) is 3.45. The van der Waals surface area contributed by atoms with E-state index in [0.717, 1.165) is 66.8 Å². The van der Waals surface area contributed by atoms with Gasteiger partial charge in [0.1, 0.15) is 11.6 Å². The third-order valence-electron chi connectivity index (χ3n) is 5.75. The fourth-order valence-electron chi connectivity index (χ4n) is 4.18. The molecule has 0 spiro atoms. The van der Waals surface area contributed by atoms with E-state index in [2.05, 4.69) is 26.3 Å². The molecule has 6 heteroatoms. The second-order valence-electron chi connectivity index (χ2n) is 8.12. The molecular formula is C26H26N6. The van der Waals surface area contributed by atoms with Gasteiger partial charge in [-0.25, -0.2) is 9.97 Å². The third kappa shape index (κ3) is 4.98. The van der Waals surface area contributed by atoms with Crippen LogP contribution in [0.3, 0.4) is 0 Å². The van der Waals surface area contributed by atoms with E-state index in [-0.39, 0.29) is 5.92 Å². The summed E-state index contributed by atoms with van der Waals surface area (Å²) in [7, 11) is 0. The largest absolute Gasteiger partial charge is 0.340 e. The minimum absolute atomic E-state index is 0.283. The predicted octanol–water partition coefficient (Wildman–Crippen LogP) is 5.06. The van der Waals surface area contributed by atoms with Crippen molar-refractivity contribution in [1.29, 1.82) is 0 Å². The average molecular weight is 423 g/mol. The number of nitrogens with one attached hydrogen (secondary N) is 1. The Morgan fingerprint density at radius 3 is 2.56 bits per heavy atom. The van der Waals surface area contributed by atoms with Crippen LogP contribution < -0.4 is 5.32 Å². The highest BCUT2D eigenvalue weighted by molar-refractivity contribution is 5.65. The number of aromatic nitrogens is 4. The molecule has 4 aromatic rings. The standard InChI is InChI=1S/C26H26N6/c1-2-8-22(9-3-1)29-25-17-24(20-11-14-27-15-12-20)30-26(31-25)21-7-6-16-32(18-21)19-23-10-4-5-13-28-23/h1-5,8-15,17,21H,6-7,16,18-19H2,(H,29,30,31)/t21-/m1/s1. The van der Waals surface area contributed by atoms with Crippen LogP contribution in [0.5, 0.6) is 0 Å². The molecule has 1 atom stereocenters. The molecule has 1 saturated heterocycles. The van der Waals surface area contributed by atoms with Crippen molar-refractivity contribution in [2.45, 2.75) is 25.3 Å². The Balaban J connectivity index is 1.43. The maximum Gasteiger partial charge on any atom is 0.135 e. The molecule has 3 aromatic heterocycles. The molecule has 0 amide bonds. The summed E-state index contributed by atoms with van der Waals surface area (Å²) in [6.45, 7) is 2.86. The summed E-state index contributed by atoms with van der Waals surface area (Å²) in [6, 6.07) is 22.2. The smallest absolute Gasteiger partial charge is 0.135 e. The van der Waals surface area contributed by atoms with Crippen molar-refractivity contribution in [2.75, 3.05) is 18.4 Å². The van der Waals surface area contributed by atoms with E-state index in [9.17, 15) is 0 Å². The summed E-state index contributed by atoms with van der Waals surface area (Å²) in [5.74, 6) is 1.99. The Hall–Kier alpha value is -3.64. The van der Waals surface area contributed by atoms with E-state index < -0.39 is 0 Å². The number of anilines is 2. The lowest BCUT2D eigenvalue weighted by Crippen LogP contribution is -2.34. The number of pyridine rings is 2. The van der Waals surface area contributed by atoms with Gasteiger partial charge >= 0.3 is 0 Å². The molecule has 4 heterocycles. The SMILES string of the molecule is c1ccc(Nc2cc(-c3ccncc3)nc([C@@H]3CCCN(Cc4ccccn4)C3)n2)cc1. The molecule has 0 radical (unpaired) electrons. The van der Waals surface area contributed by atoms with E-state index in [1.165, 1.54) is 0 Å². The molecule has 1 aromatic carbocycles. The second-order valence-corrected chi connectivity index (χ2v) is 8.12.